The quantitative estimate of drug-likeness (QED) is 0.552. The summed E-state index contributed by atoms with van der Waals surface area (Å²) in [5.41, 5.74) is 4.71. The highest BCUT2D eigenvalue weighted by atomic mass is 35.5. The number of Topliss-reactive ketones (excluding diaryl/α,β-unsaturated/α-hetero) is 1. The first-order valence-corrected chi connectivity index (χ1v) is 12.1. The second-order valence-electron chi connectivity index (χ2n) is 9.26. The normalized spacial score (nSPS) is 23.4. The van der Waals surface area contributed by atoms with E-state index in [-0.39, 0.29) is 23.8 Å². The van der Waals surface area contributed by atoms with Crippen molar-refractivity contribution in [2.45, 2.75) is 63.4 Å². The van der Waals surface area contributed by atoms with E-state index in [1.165, 1.54) is 0 Å². The van der Waals surface area contributed by atoms with Gasteiger partial charge in [0.05, 0.1) is 5.57 Å². The van der Waals surface area contributed by atoms with E-state index in [0.717, 1.165) is 48.2 Å². The molecule has 3 aliphatic rings. The first kappa shape index (κ1) is 22.0. The van der Waals surface area contributed by atoms with Crippen LogP contribution < -0.4 is 5.32 Å². The van der Waals surface area contributed by atoms with E-state index in [2.05, 4.69) is 17.4 Å². The molecular formula is C28H28ClNO3. The average molecular weight is 462 g/mol. The highest BCUT2D eigenvalue weighted by Gasteiger charge is 2.42. The number of nitrogens with one attached hydrogen (secondary N) is 1. The molecule has 1 heterocycles. The lowest BCUT2D eigenvalue weighted by Crippen LogP contribution is -2.36. The van der Waals surface area contributed by atoms with Gasteiger partial charge in [-0.05, 0) is 62.1 Å². The molecule has 1 N–H and O–H groups in total. The van der Waals surface area contributed by atoms with E-state index in [1.807, 2.05) is 49.4 Å². The predicted octanol–water partition coefficient (Wildman–Crippen LogP) is 6.19. The van der Waals surface area contributed by atoms with Crippen LogP contribution in [0.2, 0.25) is 5.02 Å². The van der Waals surface area contributed by atoms with Crippen LogP contribution in [0.5, 0.6) is 0 Å². The van der Waals surface area contributed by atoms with Crippen molar-refractivity contribution in [2.24, 2.45) is 0 Å². The SMILES string of the molecule is CC1=C(C(=O)OC2CCCC2)C(c2ccccc2Cl)C2=C(CC(c3ccccc3)CC2=O)N1. The second kappa shape index (κ2) is 9.18. The summed E-state index contributed by atoms with van der Waals surface area (Å²) in [5.74, 6) is -0.702. The Hall–Kier alpha value is -2.85. The Morgan fingerprint density at radius 2 is 1.70 bits per heavy atom. The van der Waals surface area contributed by atoms with Gasteiger partial charge in [0.15, 0.2) is 5.78 Å². The Balaban J connectivity index is 1.56. The first-order valence-electron chi connectivity index (χ1n) is 11.8. The number of allylic oxidation sites excluding steroid dienone is 3. The standard InChI is InChI=1S/C28H28ClNO3/c1-17-25(28(32)33-20-11-5-6-12-20)26(21-13-7-8-14-22(21)29)27-23(30-17)15-19(16-24(27)31)18-9-3-2-4-10-18/h2-4,7-10,13-14,19-20,26,30H,5-6,11-12,15-16H2,1H3. The molecule has 33 heavy (non-hydrogen) atoms. The van der Waals surface area contributed by atoms with E-state index >= 15 is 0 Å². The largest absolute Gasteiger partial charge is 0.459 e. The minimum absolute atomic E-state index is 0.0513. The summed E-state index contributed by atoms with van der Waals surface area (Å²) in [6.07, 6.45) is 5.03. The summed E-state index contributed by atoms with van der Waals surface area (Å²) in [6.45, 7) is 1.90. The Bertz CT molecular complexity index is 1140. The summed E-state index contributed by atoms with van der Waals surface area (Å²) in [4.78, 5) is 27.0. The second-order valence-corrected chi connectivity index (χ2v) is 9.67. The lowest BCUT2D eigenvalue weighted by Gasteiger charge is -2.37. The van der Waals surface area contributed by atoms with Gasteiger partial charge in [0.25, 0.3) is 0 Å². The van der Waals surface area contributed by atoms with Crippen molar-refractivity contribution in [1.29, 1.82) is 0 Å². The average Bonchev–Trinajstić information content (AvgIpc) is 3.32. The van der Waals surface area contributed by atoms with E-state index in [0.29, 0.717) is 29.0 Å². The first-order chi connectivity index (χ1) is 16.0. The number of hydrogen-bond acceptors (Lipinski definition) is 4. The van der Waals surface area contributed by atoms with Gasteiger partial charge in [-0.3, -0.25) is 4.79 Å². The predicted molar refractivity (Wildman–Crippen MR) is 129 cm³/mol. The fraction of sp³-hybridized carbons (Fsp3) is 0.357. The zero-order chi connectivity index (χ0) is 22.9. The number of halogens is 1. The number of carbonyl (C=O) groups excluding carboxylic acids is 2. The molecule has 1 saturated carbocycles. The van der Waals surface area contributed by atoms with Crippen LogP contribution in [0.15, 0.2) is 77.1 Å². The molecule has 2 unspecified atom stereocenters. The zero-order valence-corrected chi connectivity index (χ0v) is 19.5. The minimum Gasteiger partial charge on any atom is -0.459 e. The number of benzene rings is 2. The smallest absolute Gasteiger partial charge is 0.337 e. The number of carbonyl (C=O) groups is 2. The van der Waals surface area contributed by atoms with Gasteiger partial charge in [-0.25, -0.2) is 4.79 Å². The van der Waals surface area contributed by atoms with Crippen molar-refractivity contribution < 1.29 is 14.3 Å². The van der Waals surface area contributed by atoms with E-state index < -0.39 is 5.92 Å². The van der Waals surface area contributed by atoms with Crippen LogP contribution in [0.1, 0.15) is 68.4 Å². The van der Waals surface area contributed by atoms with Crippen molar-refractivity contribution in [1.82, 2.24) is 5.32 Å². The molecule has 0 amide bonds. The number of esters is 1. The Morgan fingerprint density at radius 1 is 1.00 bits per heavy atom. The molecule has 170 valence electrons. The maximum Gasteiger partial charge on any atom is 0.337 e. The number of ketones is 1. The van der Waals surface area contributed by atoms with Crippen LogP contribution in [0.25, 0.3) is 0 Å². The van der Waals surface area contributed by atoms with Crippen molar-refractivity contribution in [2.75, 3.05) is 0 Å². The monoisotopic (exact) mass is 461 g/mol. The van der Waals surface area contributed by atoms with Crippen molar-refractivity contribution in [3.8, 4) is 0 Å². The fourth-order valence-corrected chi connectivity index (χ4v) is 5.76. The fourth-order valence-electron chi connectivity index (χ4n) is 5.51. The molecule has 1 aliphatic heterocycles. The van der Waals surface area contributed by atoms with E-state index in [1.54, 1.807) is 0 Å². The van der Waals surface area contributed by atoms with Crippen molar-refractivity contribution in [3.63, 3.8) is 0 Å². The van der Waals surface area contributed by atoms with Crippen LogP contribution in [-0.2, 0) is 14.3 Å². The number of dihydropyridines is 1. The van der Waals surface area contributed by atoms with Gasteiger partial charge in [-0.2, -0.15) is 0 Å². The van der Waals surface area contributed by atoms with Crippen LogP contribution in [0.3, 0.4) is 0 Å². The van der Waals surface area contributed by atoms with Gasteiger partial charge < -0.3 is 10.1 Å². The van der Waals surface area contributed by atoms with E-state index in [9.17, 15) is 9.59 Å². The molecule has 0 bridgehead atoms. The number of rotatable bonds is 4. The molecule has 2 aliphatic carbocycles. The topological polar surface area (TPSA) is 55.4 Å². The van der Waals surface area contributed by atoms with Gasteiger partial charge >= 0.3 is 5.97 Å². The third-order valence-electron chi connectivity index (χ3n) is 7.11. The van der Waals surface area contributed by atoms with Gasteiger partial charge in [-0.15, -0.1) is 0 Å². The highest BCUT2D eigenvalue weighted by molar-refractivity contribution is 6.31. The maximum absolute atomic E-state index is 13.6. The molecule has 0 saturated heterocycles. The Kier molecular flexibility index (Phi) is 6.11. The highest BCUT2D eigenvalue weighted by Crippen LogP contribution is 2.47. The molecule has 4 nitrogen and oxygen atoms in total. The lowest BCUT2D eigenvalue weighted by atomic mass is 9.71. The number of hydrogen-bond donors (Lipinski definition) is 1. The zero-order valence-electron chi connectivity index (χ0n) is 18.8. The van der Waals surface area contributed by atoms with Crippen LogP contribution >= 0.6 is 11.6 Å². The summed E-state index contributed by atoms with van der Waals surface area (Å²) < 4.78 is 5.90. The van der Waals surface area contributed by atoms with Gasteiger partial charge in [0.1, 0.15) is 6.10 Å². The molecule has 1 fully saturated rings. The summed E-state index contributed by atoms with van der Waals surface area (Å²) in [7, 11) is 0. The summed E-state index contributed by atoms with van der Waals surface area (Å²) >= 11 is 6.62. The molecule has 0 spiro atoms. The molecular weight excluding hydrogens is 434 g/mol. The van der Waals surface area contributed by atoms with Crippen LogP contribution in [-0.4, -0.2) is 17.9 Å². The summed E-state index contributed by atoms with van der Waals surface area (Å²) in [6, 6.07) is 17.6. The van der Waals surface area contributed by atoms with Crippen LogP contribution in [0.4, 0.5) is 0 Å². The van der Waals surface area contributed by atoms with Crippen molar-refractivity contribution >= 4 is 23.4 Å². The third-order valence-corrected chi connectivity index (χ3v) is 7.45. The lowest BCUT2D eigenvalue weighted by molar-refractivity contribution is -0.144. The molecule has 2 aromatic carbocycles. The van der Waals surface area contributed by atoms with Crippen molar-refractivity contribution in [3.05, 3.63) is 93.3 Å². The van der Waals surface area contributed by atoms with Gasteiger partial charge in [-0.1, -0.05) is 60.1 Å². The molecule has 5 rings (SSSR count). The Morgan fingerprint density at radius 3 is 2.42 bits per heavy atom. The van der Waals surface area contributed by atoms with Gasteiger partial charge in [0.2, 0.25) is 0 Å². The molecule has 0 radical (unpaired) electrons. The van der Waals surface area contributed by atoms with E-state index in [4.69, 9.17) is 16.3 Å². The number of ether oxygens (including phenoxy) is 1. The third kappa shape index (κ3) is 4.24. The molecule has 0 aromatic heterocycles. The summed E-state index contributed by atoms with van der Waals surface area (Å²) in [5, 5.41) is 3.97. The minimum atomic E-state index is -0.520. The molecule has 2 atom stereocenters. The van der Waals surface area contributed by atoms with Gasteiger partial charge in [0, 0.05) is 34.3 Å². The molecule has 2 aromatic rings. The maximum atomic E-state index is 13.6. The van der Waals surface area contributed by atoms with Crippen LogP contribution in [0, 0.1) is 0 Å². The molecule has 5 heteroatoms. The Labute approximate surface area is 199 Å².